The lowest BCUT2D eigenvalue weighted by Gasteiger charge is -2.19. The third kappa shape index (κ3) is 5.41. The summed E-state index contributed by atoms with van der Waals surface area (Å²) in [6, 6.07) is 16.7. The number of hydrogen-bond donors (Lipinski definition) is 2. The number of aliphatic imine (C=N–C) groups is 1. The molecule has 0 radical (unpaired) electrons. The number of nitrogens with one attached hydrogen (secondary N) is 2. The van der Waals surface area contributed by atoms with Gasteiger partial charge in [-0.3, -0.25) is 4.99 Å². The first kappa shape index (κ1) is 18.1. The van der Waals surface area contributed by atoms with Gasteiger partial charge in [-0.25, -0.2) is 0 Å². The highest BCUT2D eigenvalue weighted by Crippen LogP contribution is 2.30. The number of hydrogen-bond acceptors (Lipinski definition) is 3. The molecular weight excluding hydrogens is 326 g/mol. The molecule has 0 aromatic heterocycles. The monoisotopic (exact) mass is 353 g/mol. The zero-order chi connectivity index (χ0) is 18.0. The van der Waals surface area contributed by atoms with Crippen molar-refractivity contribution in [3.63, 3.8) is 0 Å². The zero-order valence-electron chi connectivity index (χ0n) is 15.3. The second-order valence-corrected chi connectivity index (χ2v) is 6.24. The van der Waals surface area contributed by atoms with Crippen molar-refractivity contribution in [2.75, 3.05) is 33.4 Å². The fraction of sp³-hybridized carbons (Fsp3) is 0.381. The van der Waals surface area contributed by atoms with Gasteiger partial charge in [0.05, 0.1) is 0 Å². The zero-order valence-corrected chi connectivity index (χ0v) is 15.3. The van der Waals surface area contributed by atoms with Crippen molar-refractivity contribution in [2.45, 2.75) is 19.3 Å². The predicted molar refractivity (Wildman–Crippen MR) is 105 cm³/mol. The number of ether oxygens (including phenoxy) is 2. The lowest BCUT2D eigenvalue weighted by molar-refractivity contribution is 0.171. The summed E-state index contributed by atoms with van der Waals surface area (Å²) in [5.41, 5.74) is 2.59. The van der Waals surface area contributed by atoms with Gasteiger partial charge in [-0.05, 0) is 42.5 Å². The molecule has 1 heterocycles. The summed E-state index contributed by atoms with van der Waals surface area (Å²) in [6.45, 7) is 2.96. The Bertz CT molecular complexity index is 716. The van der Waals surface area contributed by atoms with Crippen LogP contribution >= 0.6 is 0 Å². The topological polar surface area (TPSA) is 54.9 Å². The average molecular weight is 353 g/mol. The van der Waals surface area contributed by atoms with E-state index < -0.39 is 0 Å². The Kier molecular flexibility index (Phi) is 6.76. The van der Waals surface area contributed by atoms with Gasteiger partial charge in [0.1, 0.15) is 13.2 Å². The third-order valence-electron chi connectivity index (χ3n) is 4.31. The standard InChI is InChI=1S/C21H27N3O2/c1-22-21(23-12-5-8-17-6-3-2-4-7-17)24-13-11-18-9-10-19-20(16-18)26-15-14-25-19/h2-4,6-7,9-10,16H,5,8,11-15H2,1H3,(H2,22,23,24). The lowest BCUT2D eigenvalue weighted by Crippen LogP contribution is -2.38. The van der Waals surface area contributed by atoms with Crippen molar-refractivity contribution >= 4 is 5.96 Å². The Morgan fingerprint density at radius 1 is 0.885 bits per heavy atom. The molecule has 0 bridgehead atoms. The molecule has 0 saturated carbocycles. The van der Waals surface area contributed by atoms with Crippen LogP contribution in [0.2, 0.25) is 0 Å². The molecule has 0 amide bonds. The predicted octanol–water partition coefficient (Wildman–Crippen LogP) is 2.80. The van der Waals surface area contributed by atoms with Gasteiger partial charge in [0.15, 0.2) is 17.5 Å². The maximum Gasteiger partial charge on any atom is 0.190 e. The second-order valence-electron chi connectivity index (χ2n) is 6.24. The Hall–Kier alpha value is -2.69. The van der Waals surface area contributed by atoms with Gasteiger partial charge in [0.25, 0.3) is 0 Å². The van der Waals surface area contributed by atoms with Gasteiger partial charge in [-0.2, -0.15) is 0 Å². The Morgan fingerprint density at radius 2 is 1.65 bits per heavy atom. The molecule has 0 saturated heterocycles. The average Bonchev–Trinajstić information content (AvgIpc) is 2.70. The first-order chi connectivity index (χ1) is 12.8. The normalized spacial score (nSPS) is 13.3. The van der Waals surface area contributed by atoms with Gasteiger partial charge < -0.3 is 20.1 Å². The fourth-order valence-electron chi connectivity index (χ4n) is 2.93. The Balaban J connectivity index is 1.36. The van der Waals surface area contributed by atoms with Gasteiger partial charge >= 0.3 is 0 Å². The molecule has 5 nitrogen and oxygen atoms in total. The number of fused-ring (bicyclic) bond motifs is 1. The van der Waals surface area contributed by atoms with Crippen molar-refractivity contribution in [1.29, 1.82) is 0 Å². The molecule has 1 aliphatic rings. The molecule has 0 unspecified atom stereocenters. The van der Waals surface area contributed by atoms with Crippen LogP contribution in [0.15, 0.2) is 53.5 Å². The smallest absolute Gasteiger partial charge is 0.190 e. The lowest BCUT2D eigenvalue weighted by atomic mass is 10.1. The van der Waals surface area contributed by atoms with Gasteiger partial charge in [-0.1, -0.05) is 36.4 Å². The number of guanidine groups is 1. The SMILES string of the molecule is CN=C(NCCCc1ccccc1)NCCc1ccc2c(c1)OCCO2. The molecule has 5 heteroatoms. The summed E-state index contributed by atoms with van der Waals surface area (Å²) in [5, 5.41) is 6.73. The van der Waals surface area contributed by atoms with E-state index >= 15 is 0 Å². The van der Waals surface area contributed by atoms with Crippen LogP contribution in [-0.2, 0) is 12.8 Å². The summed E-state index contributed by atoms with van der Waals surface area (Å²) < 4.78 is 11.2. The molecule has 2 N–H and O–H groups in total. The highest BCUT2D eigenvalue weighted by molar-refractivity contribution is 5.79. The summed E-state index contributed by atoms with van der Waals surface area (Å²) in [6.07, 6.45) is 3.05. The second kappa shape index (κ2) is 9.70. The molecule has 26 heavy (non-hydrogen) atoms. The quantitative estimate of drug-likeness (QED) is 0.457. The first-order valence-corrected chi connectivity index (χ1v) is 9.22. The number of benzene rings is 2. The highest BCUT2D eigenvalue weighted by atomic mass is 16.6. The van der Waals surface area contributed by atoms with Crippen molar-refractivity contribution in [1.82, 2.24) is 10.6 Å². The van der Waals surface area contributed by atoms with Crippen LogP contribution in [0, 0.1) is 0 Å². The van der Waals surface area contributed by atoms with E-state index in [1.165, 1.54) is 11.1 Å². The summed E-state index contributed by atoms with van der Waals surface area (Å²) in [4.78, 5) is 4.28. The van der Waals surface area contributed by atoms with E-state index in [1.54, 1.807) is 7.05 Å². The molecule has 0 fully saturated rings. The molecule has 2 aromatic rings. The fourth-order valence-corrected chi connectivity index (χ4v) is 2.93. The third-order valence-corrected chi connectivity index (χ3v) is 4.31. The van der Waals surface area contributed by atoms with E-state index in [0.717, 1.165) is 49.8 Å². The van der Waals surface area contributed by atoms with E-state index in [4.69, 9.17) is 9.47 Å². The molecule has 2 aromatic carbocycles. The van der Waals surface area contributed by atoms with Crippen molar-refractivity contribution in [2.24, 2.45) is 4.99 Å². The van der Waals surface area contributed by atoms with Crippen LogP contribution in [0.3, 0.4) is 0 Å². The summed E-state index contributed by atoms with van der Waals surface area (Å²) >= 11 is 0. The minimum atomic E-state index is 0.619. The van der Waals surface area contributed by atoms with Gasteiger partial charge in [0, 0.05) is 20.1 Å². The molecule has 3 rings (SSSR count). The highest BCUT2D eigenvalue weighted by Gasteiger charge is 2.11. The van der Waals surface area contributed by atoms with Crippen LogP contribution in [0.4, 0.5) is 0 Å². The van der Waals surface area contributed by atoms with Crippen LogP contribution in [-0.4, -0.2) is 39.3 Å². The maximum atomic E-state index is 5.63. The van der Waals surface area contributed by atoms with E-state index in [-0.39, 0.29) is 0 Å². The molecule has 138 valence electrons. The van der Waals surface area contributed by atoms with E-state index in [0.29, 0.717) is 13.2 Å². The van der Waals surface area contributed by atoms with Gasteiger partial charge in [0.2, 0.25) is 0 Å². The minimum Gasteiger partial charge on any atom is -0.486 e. The summed E-state index contributed by atoms with van der Waals surface area (Å²) in [7, 11) is 1.80. The summed E-state index contributed by atoms with van der Waals surface area (Å²) in [5.74, 6) is 2.52. The molecule has 0 aliphatic carbocycles. The number of nitrogens with zero attached hydrogens (tertiary/aromatic N) is 1. The van der Waals surface area contributed by atoms with Crippen LogP contribution in [0.5, 0.6) is 11.5 Å². The van der Waals surface area contributed by atoms with Crippen LogP contribution in [0.25, 0.3) is 0 Å². The first-order valence-electron chi connectivity index (χ1n) is 9.22. The number of aryl methyl sites for hydroxylation is 1. The molecule has 0 spiro atoms. The molecule has 1 aliphatic heterocycles. The molecular formula is C21H27N3O2. The van der Waals surface area contributed by atoms with Crippen LogP contribution in [0.1, 0.15) is 17.5 Å². The van der Waals surface area contributed by atoms with E-state index in [9.17, 15) is 0 Å². The van der Waals surface area contributed by atoms with E-state index in [1.807, 2.05) is 6.07 Å². The largest absolute Gasteiger partial charge is 0.486 e. The maximum absolute atomic E-state index is 5.63. The minimum absolute atomic E-state index is 0.619. The van der Waals surface area contributed by atoms with Gasteiger partial charge in [-0.15, -0.1) is 0 Å². The van der Waals surface area contributed by atoms with E-state index in [2.05, 4.69) is 58.1 Å². The van der Waals surface area contributed by atoms with Crippen LogP contribution < -0.4 is 20.1 Å². The Morgan fingerprint density at radius 3 is 2.46 bits per heavy atom. The number of rotatable bonds is 7. The van der Waals surface area contributed by atoms with Crippen molar-refractivity contribution < 1.29 is 9.47 Å². The Labute approximate surface area is 155 Å². The van der Waals surface area contributed by atoms with Crippen molar-refractivity contribution in [3.8, 4) is 11.5 Å². The van der Waals surface area contributed by atoms with Crippen molar-refractivity contribution in [3.05, 3.63) is 59.7 Å². The molecule has 0 atom stereocenters.